The molecule has 1 N–H and O–H groups in total. The molecule has 0 bridgehead atoms. The van der Waals surface area contributed by atoms with E-state index in [9.17, 15) is 4.79 Å². The quantitative estimate of drug-likeness (QED) is 0.876. The van der Waals surface area contributed by atoms with Crippen LogP contribution in [-0.2, 0) is 11.2 Å². The molecule has 0 aliphatic rings. The van der Waals surface area contributed by atoms with Crippen LogP contribution in [-0.4, -0.2) is 12.5 Å². The van der Waals surface area contributed by atoms with E-state index in [2.05, 4.69) is 5.32 Å². The lowest BCUT2D eigenvalue weighted by Crippen LogP contribution is -2.29. The summed E-state index contributed by atoms with van der Waals surface area (Å²) < 4.78 is 5.74. The number of ether oxygens (including phenoxy) is 1. The zero-order chi connectivity index (χ0) is 15.1. The third-order valence-corrected chi connectivity index (χ3v) is 3.14. The third kappa shape index (κ3) is 4.95. The third-order valence-electron chi connectivity index (χ3n) is 3.14. The van der Waals surface area contributed by atoms with Gasteiger partial charge in [0.05, 0.1) is 0 Å². The van der Waals surface area contributed by atoms with Crippen LogP contribution in [0.3, 0.4) is 0 Å². The summed E-state index contributed by atoms with van der Waals surface area (Å²) in [6.07, 6.45) is 0.823. The normalized spacial score (nSPS) is 10.4. The first-order valence-electron chi connectivity index (χ1n) is 7.24. The second-order valence-electron chi connectivity index (χ2n) is 5.25. The molecule has 3 nitrogen and oxygen atoms in total. The average Bonchev–Trinajstić information content (AvgIpc) is 2.50. The minimum absolute atomic E-state index is 0.0339. The summed E-state index contributed by atoms with van der Waals surface area (Å²) >= 11 is 0. The Labute approximate surface area is 126 Å². The van der Waals surface area contributed by atoms with Gasteiger partial charge in [-0.15, -0.1) is 0 Å². The number of rotatable bonds is 6. The molecular weight excluding hydrogens is 262 g/mol. The van der Waals surface area contributed by atoms with Crippen molar-refractivity contribution in [2.24, 2.45) is 5.92 Å². The molecule has 2 aromatic carbocycles. The number of hydrogen-bond donors (Lipinski definition) is 1. The van der Waals surface area contributed by atoms with Crippen LogP contribution < -0.4 is 10.1 Å². The van der Waals surface area contributed by atoms with E-state index in [4.69, 9.17) is 4.74 Å². The lowest BCUT2D eigenvalue weighted by molar-refractivity contribution is -0.123. The Hall–Kier alpha value is -2.29. The van der Waals surface area contributed by atoms with Gasteiger partial charge in [0.15, 0.2) is 0 Å². The van der Waals surface area contributed by atoms with Gasteiger partial charge in [-0.25, -0.2) is 0 Å². The Bertz CT molecular complexity index is 562. The predicted molar refractivity (Wildman–Crippen MR) is 84.5 cm³/mol. The van der Waals surface area contributed by atoms with Crippen molar-refractivity contribution < 1.29 is 9.53 Å². The van der Waals surface area contributed by atoms with Crippen LogP contribution in [0.5, 0.6) is 11.5 Å². The van der Waals surface area contributed by atoms with Gasteiger partial charge in [-0.05, 0) is 36.2 Å². The first-order chi connectivity index (χ1) is 10.1. The highest BCUT2D eigenvalue weighted by Gasteiger charge is 2.05. The summed E-state index contributed by atoms with van der Waals surface area (Å²) in [5.74, 6) is 1.77. The molecule has 0 aliphatic carbocycles. The standard InChI is InChI=1S/C18H21NO2/c1-14(2)18(20)19-13-12-15-8-10-17(11-9-15)21-16-6-4-3-5-7-16/h3-11,14H,12-13H2,1-2H3,(H,19,20). The Balaban J connectivity index is 1.83. The van der Waals surface area contributed by atoms with E-state index in [0.29, 0.717) is 6.54 Å². The molecule has 0 aromatic heterocycles. The van der Waals surface area contributed by atoms with E-state index in [1.54, 1.807) is 0 Å². The molecular formula is C18H21NO2. The van der Waals surface area contributed by atoms with Gasteiger partial charge < -0.3 is 10.1 Å². The van der Waals surface area contributed by atoms with Crippen molar-refractivity contribution in [2.75, 3.05) is 6.54 Å². The minimum atomic E-state index is 0.0339. The number of hydrogen-bond acceptors (Lipinski definition) is 2. The molecule has 0 radical (unpaired) electrons. The molecule has 0 aliphatic heterocycles. The average molecular weight is 283 g/mol. The zero-order valence-corrected chi connectivity index (χ0v) is 12.5. The molecule has 2 aromatic rings. The molecule has 0 saturated carbocycles. The number of benzene rings is 2. The SMILES string of the molecule is CC(C)C(=O)NCCc1ccc(Oc2ccccc2)cc1. The fourth-order valence-electron chi connectivity index (χ4n) is 1.88. The monoisotopic (exact) mass is 283 g/mol. The smallest absolute Gasteiger partial charge is 0.222 e. The van der Waals surface area contributed by atoms with Crippen molar-refractivity contribution >= 4 is 5.91 Å². The molecule has 2 rings (SSSR count). The van der Waals surface area contributed by atoms with Gasteiger partial charge >= 0.3 is 0 Å². The maximum Gasteiger partial charge on any atom is 0.222 e. The number of nitrogens with one attached hydrogen (secondary N) is 1. The Morgan fingerprint density at radius 1 is 1.00 bits per heavy atom. The second kappa shape index (κ2) is 7.48. The van der Waals surface area contributed by atoms with Gasteiger partial charge in [0, 0.05) is 12.5 Å². The van der Waals surface area contributed by atoms with E-state index in [1.807, 2.05) is 68.4 Å². The van der Waals surface area contributed by atoms with Crippen LogP contribution in [0, 0.1) is 5.92 Å². The Morgan fingerprint density at radius 2 is 1.62 bits per heavy atom. The van der Waals surface area contributed by atoms with Gasteiger partial charge in [0.2, 0.25) is 5.91 Å². The summed E-state index contributed by atoms with van der Waals surface area (Å²) in [4.78, 5) is 11.5. The molecule has 0 saturated heterocycles. The first kappa shape index (κ1) is 15.1. The number of amides is 1. The number of carbonyl (C=O) groups is 1. The van der Waals surface area contributed by atoms with Crippen molar-refractivity contribution in [3.63, 3.8) is 0 Å². The van der Waals surface area contributed by atoms with Crippen molar-refractivity contribution in [3.8, 4) is 11.5 Å². The fraction of sp³-hybridized carbons (Fsp3) is 0.278. The molecule has 1 amide bonds. The van der Waals surface area contributed by atoms with Crippen LogP contribution in [0.25, 0.3) is 0 Å². The lowest BCUT2D eigenvalue weighted by Gasteiger charge is -2.09. The van der Waals surface area contributed by atoms with Gasteiger partial charge in [0.25, 0.3) is 0 Å². The van der Waals surface area contributed by atoms with E-state index in [1.165, 1.54) is 5.56 Å². The van der Waals surface area contributed by atoms with Crippen molar-refractivity contribution in [2.45, 2.75) is 20.3 Å². The zero-order valence-electron chi connectivity index (χ0n) is 12.5. The van der Waals surface area contributed by atoms with Gasteiger partial charge in [-0.2, -0.15) is 0 Å². The summed E-state index contributed by atoms with van der Waals surface area (Å²) in [5, 5.41) is 2.91. The van der Waals surface area contributed by atoms with Crippen molar-refractivity contribution in [1.29, 1.82) is 0 Å². The topological polar surface area (TPSA) is 38.3 Å². The van der Waals surface area contributed by atoms with Crippen LogP contribution in [0.1, 0.15) is 19.4 Å². The molecule has 0 spiro atoms. The maximum absolute atomic E-state index is 11.5. The largest absolute Gasteiger partial charge is 0.457 e. The molecule has 21 heavy (non-hydrogen) atoms. The summed E-state index contributed by atoms with van der Waals surface area (Å²) in [7, 11) is 0. The van der Waals surface area contributed by atoms with Crippen LogP contribution >= 0.6 is 0 Å². The second-order valence-corrected chi connectivity index (χ2v) is 5.25. The molecule has 0 fully saturated rings. The van der Waals surface area contributed by atoms with E-state index < -0.39 is 0 Å². The van der Waals surface area contributed by atoms with Gasteiger partial charge in [-0.3, -0.25) is 4.79 Å². The van der Waals surface area contributed by atoms with Gasteiger partial charge in [-0.1, -0.05) is 44.2 Å². The highest BCUT2D eigenvalue weighted by Crippen LogP contribution is 2.21. The summed E-state index contributed by atoms with van der Waals surface area (Å²) in [6, 6.07) is 17.7. The molecule has 0 heterocycles. The molecule has 110 valence electrons. The Morgan fingerprint density at radius 3 is 2.24 bits per heavy atom. The highest BCUT2D eigenvalue weighted by molar-refractivity contribution is 5.77. The van der Waals surface area contributed by atoms with Crippen molar-refractivity contribution in [3.05, 3.63) is 60.2 Å². The molecule has 0 unspecified atom stereocenters. The van der Waals surface area contributed by atoms with Crippen molar-refractivity contribution in [1.82, 2.24) is 5.32 Å². The highest BCUT2D eigenvalue weighted by atomic mass is 16.5. The maximum atomic E-state index is 11.5. The number of carbonyl (C=O) groups excluding carboxylic acids is 1. The van der Waals surface area contributed by atoms with E-state index >= 15 is 0 Å². The summed E-state index contributed by atoms with van der Waals surface area (Å²) in [5.41, 5.74) is 1.18. The van der Waals surface area contributed by atoms with Gasteiger partial charge in [0.1, 0.15) is 11.5 Å². The van der Waals surface area contributed by atoms with E-state index in [0.717, 1.165) is 17.9 Å². The minimum Gasteiger partial charge on any atom is -0.457 e. The van der Waals surface area contributed by atoms with Crippen LogP contribution in [0.2, 0.25) is 0 Å². The first-order valence-corrected chi connectivity index (χ1v) is 7.24. The fourth-order valence-corrected chi connectivity index (χ4v) is 1.88. The predicted octanol–water partition coefficient (Wildman–Crippen LogP) is 3.79. The van der Waals surface area contributed by atoms with E-state index in [-0.39, 0.29) is 11.8 Å². The number of para-hydroxylation sites is 1. The molecule has 0 atom stereocenters. The van der Waals surface area contributed by atoms with Crippen LogP contribution in [0.15, 0.2) is 54.6 Å². The Kier molecular flexibility index (Phi) is 5.38. The summed E-state index contributed by atoms with van der Waals surface area (Å²) in [6.45, 7) is 4.45. The van der Waals surface area contributed by atoms with Crippen LogP contribution in [0.4, 0.5) is 0 Å². The molecule has 3 heteroatoms. The lowest BCUT2D eigenvalue weighted by atomic mass is 10.1.